The molecule has 1 aliphatic rings. The van der Waals surface area contributed by atoms with Gasteiger partial charge in [-0.25, -0.2) is 0 Å². The predicted octanol–water partition coefficient (Wildman–Crippen LogP) is 8.00. The van der Waals surface area contributed by atoms with E-state index in [1.807, 2.05) is 0 Å². The van der Waals surface area contributed by atoms with Crippen LogP contribution < -0.4 is 0 Å². The third kappa shape index (κ3) is 3.92. The third-order valence-corrected chi connectivity index (χ3v) is 5.07. The summed E-state index contributed by atoms with van der Waals surface area (Å²) >= 11 is -0.826. The molecule has 0 amide bonds. The number of allylic oxidation sites excluding steroid dienone is 1. The van der Waals surface area contributed by atoms with Crippen LogP contribution >= 0.6 is 17.0 Å². The summed E-state index contributed by atoms with van der Waals surface area (Å²) in [5.74, 6) is 0. The average Bonchev–Trinajstić information content (AvgIpc) is 3.06. The van der Waals surface area contributed by atoms with Gasteiger partial charge in [0.25, 0.3) is 0 Å². The Labute approximate surface area is 178 Å². The van der Waals surface area contributed by atoms with Gasteiger partial charge in [-0.15, -0.1) is 0 Å². The maximum absolute atomic E-state index is 4.93. The van der Waals surface area contributed by atoms with Crippen molar-refractivity contribution < 1.29 is 20.8 Å². The van der Waals surface area contributed by atoms with Crippen LogP contribution in [0.25, 0.3) is 38.7 Å². The Hall–Kier alpha value is -1.40. The van der Waals surface area contributed by atoms with Crippen LogP contribution in [0.5, 0.6) is 0 Å². The second-order valence-corrected chi connectivity index (χ2v) is 10.6. The van der Waals surface area contributed by atoms with Crippen LogP contribution in [-0.2, 0) is 27.3 Å². The van der Waals surface area contributed by atoms with Gasteiger partial charge in [-0.3, -0.25) is 0 Å². The maximum atomic E-state index is 4.93. The molecule has 1 aliphatic carbocycles. The standard InChI is InChI=1S/C24H18.2ClH.Zr/c1-16-11-20-7-4-8-23(24(20)12-16)21-10-9-19-13-17-5-2-3-6-18(17)14-22(19)15-21;;;/h2-10,12-15H,11H2,1H3;2*1H;/q;;;+2/p-2. The molecular formula is C24H18Cl2Zr. The zero-order chi connectivity index (χ0) is 18.8. The van der Waals surface area contributed by atoms with Crippen molar-refractivity contribution in [3.05, 3.63) is 89.5 Å². The number of benzene rings is 4. The summed E-state index contributed by atoms with van der Waals surface area (Å²) in [6.45, 7) is 2.22. The first-order valence-electron chi connectivity index (χ1n) is 8.88. The van der Waals surface area contributed by atoms with Crippen LogP contribution in [0.1, 0.15) is 18.1 Å². The Morgan fingerprint density at radius 2 is 1.41 bits per heavy atom. The summed E-state index contributed by atoms with van der Waals surface area (Å²) in [6.07, 6.45) is 3.43. The quantitative estimate of drug-likeness (QED) is 0.248. The molecule has 0 nitrogen and oxygen atoms in total. The fraction of sp³-hybridized carbons (Fsp3) is 0.0833. The Kier molecular flexibility index (Phi) is 5.83. The topological polar surface area (TPSA) is 0 Å². The van der Waals surface area contributed by atoms with E-state index < -0.39 is 20.8 Å². The molecule has 0 heterocycles. The van der Waals surface area contributed by atoms with Crippen molar-refractivity contribution in [2.45, 2.75) is 13.3 Å². The van der Waals surface area contributed by atoms with E-state index >= 15 is 0 Å². The van der Waals surface area contributed by atoms with Gasteiger partial charge in [0, 0.05) is 0 Å². The van der Waals surface area contributed by atoms with Gasteiger partial charge in [-0.2, -0.15) is 0 Å². The molecule has 4 aromatic carbocycles. The van der Waals surface area contributed by atoms with Gasteiger partial charge in [0.2, 0.25) is 0 Å². The fourth-order valence-electron chi connectivity index (χ4n) is 3.89. The summed E-state index contributed by atoms with van der Waals surface area (Å²) in [4.78, 5) is 0. The van der Waals surface area contributed by atoms with Crippen LogP contribution in [-0.4, -0.2) is 0 Å². The van der Waals surface area contributed by atoms with Crippen LogP contribution in [0.4, 0.5) is 0 Å². The molecule has 27 heavy (non-hydrogen) atoms. The molecule has 0 fully saturated rings. The number of rotatable bonds is 1. The minimum atomic E-state index is -0.826. The summed E-state index contributed by atoms with van der Waals surface area (Å²) < 4.78 is 0. The molecule has 3 heteroatoms. The predicted molar refractivity (Wildman–Crippen MR) is 116 cm³/mol. The molecule has 0 aliphatic heterocycles. The van der Waals surface area contributed by atoms with Gasteiger partial charge >= 0.3 is 37.9 Å². The van der Waals surface area contributed by atoms with Crippen molar-refractivity contribution in [1.82, 2.24) is 0 Å². The first-order valence-corrected chi connectivity index (χ1v) is 15.2. The van der Waals surface area contributed by atoms with E-state index in [9.17, 15) is 0 Å². The summed E-state index contributed by atoms with van der Waals surface area (Å²) in [7, 11) is 9.87. The van der Waals surface area contributed by atoms with E-state index in [2.05, 4.69) is 85.8 Å². The van der Waals surface area contributed by atoms with Crippen LogP contribution in [0.15, 0.2) is 78.4 Å². The fourth-order valence-corrected chi connectivity index (χ4v) is 3.89. The van der Waals surface area contributed by atoms with Crippen LogP contribution in [0, 0.1) is 0 Å². The van der Waals surface area contributed by atoms with Gasteiger partial charge in [-0.1, -0.05) is 66.2 Å². The van der Waals surface area contributed by atoms with E-state index in [4.69, 9.17) is 17.0 Å². The Balaban J connectivity index is 0.000000565. The molecule has 132 valence electrons. The third-order valence-electron chi connectivity index (χ3n) is 5.07. The molecule has 5 rings (SSSR count). The first-order chi connectivity index (χ1) is 13.2. The summed E-state index contributed by atoms with van der Waals surface area (Å²) in [5, 5.41) is 5.22. The van der Waals surface area contributed by atoms with Gasteiger partial charge in [0.1, 0.15) is 0 Å². The molecule has 0 radical (unpaired) electrons. The zero-order valence-corrected chi connectivity index (χ0v) is 18.9. The van der Waals surface area contributed by atoms with Gasteiger partial charge in [0.05, 0.1) is 0 Å². The molecule has 0 spiro atoms. The van der Waals surface area contributed by atoms with Gasteiger partial charge < -0.3 is 0 Å². The van der Waals surface area contributed by atoms with E-state index in [1.54, 1.807) is 0 Å². The Morgan fingerprint density at radius 3 is 2.15 bits per heavy atom. The summed E-state index contributed by atoms with van der Waals surface area (Å²) in [5.41, 5.74) is 6.95. The molecule has 0 N–H and O–H groups in total. The molecule has 0 saturated heterocycles. The minimum absolute atomic E-state index is 0.826. The van der Waals surface area contributed by atoms with Crippen molar-refractivity contribution in [3.8, 4) is 11.1 Å². The van der Waals surface area contributed by atoms with E-state index in [-0.39, 0.29) is 0 Å². The van der Waals surface area contributed by atoms with Gasteiger partial charge in [-0.05, 0) is 75.3 Å². The SMILES string of the molecule is CC1=Cc2c(cccc2-c2ccc3cc4ccccc4cc3c2)C1.[Cl][Zr][Cl]. The number of halogens is 2. The molecule has 0 atom stereocenters. The first kappa shape index (κ1) is 18.9. The number of hydrogen-bond acceptors (Lipinski definition) is 0. The van der Waals surface area contributed by atoms with Crippen molar-refractivity contribution in [1.29, 1.82) is 0 Å². The Morgan fingerprint density at radius 1 is 0.741 bits per heavy atom. The zero-order valence-electron chi connectivity index (χ0n) is 15.0. The molecule has 0 bridgehead atoms. The van der Waals surface area contributed by atoms with E-state index in [0.717, 1.165) is 6.42 Å². The monoisotopic (exact) mass is 466 g/mol. The van der Waals surface area contributed by atoms with E-state index in [1.165, 1.54) is 49.4 Å². The van der Waals surface area contributed by atoms with Crippen molar-refractivity contribution >= 4 is 44.6 Å². The molecule has 4 aromatic rings. The molecular weight excluding hydrogens is 450 g/mol. The molecule has 0 saturated carbocycles. The van der Waals surface area contributed by atoms with Crippen molar-refractivity contribution in [2.75, 3.05) is 0 Å². The number of fused-ring (bicyclic) bond motifs is 3. The second kappa shape index (κ2) is 8.31. The van der Waals surface area contributed by atoms with Crippen LogP contribution in [0.2, 0.25) is 0 Å². The van der Waals surface area contributed by atoms with Crippen molar-refractivity contribution in [2.24, 2.45) is 0 Å². The molecule has 0 aromatic heterocycles. The summed E-state index contributed by atoms with van der Waals surface area (Å²) in [6, 6.07) is 26.7. The normalized spacial score (nSPS) is 12.3. The number of hydrogen-bond donors (Lipinski definition) is 0. The van der Waals surface area contributed by atoms with Gasteiger partial charge in [0.15, 0.2) is 0 Å². The average molecular weight is 469 g/mol. The van der Waals surface area contributed by atoms with E-state index in [0.29, 0.717) is 0 Å². The van der Waals surface area contributed by atoms with Crippen molar-refractivity contribution in [3.63, 3.8) is 0 Å². The Bertz CT molecular complexity index is 1160. The second-order valence-electron chi connectivity index (χ2n) is 6.88. The van der Waals surface area contributed by atoms with Crippen LogP contribution in [0.3, 0.4) is 0 Å². The molecule has 0 unspecified atom stereocenters.